The van der Waals surface area contributed by atoms with E-state index >= 15 is 0 Å². The number of aromatic nitrogens is 5. The van der Waals surface area contributed by atoms with Gasteiger partial charge in [0, 0.05) is 43.0 Å². The predicted octanol–water partition coefficient (Wildman–Crippen LogP) is 2.12. The number of rotatable bonds is 5. The monoisotopic (exact) mass is 457 g/mol. The summed E-state index contributed by atoms with van der Waals surface area (Å²) in [6.07, 6.45) is 5.12. The van der Waals surface area contributed by atoms with Crippen molar-refractivity contribution in [2.75, 3.05) is 25.5 Å². The van der Waals surface area contributed by atoms with Crippen molar-refractivity contribution in [1.82, 2.24) is 30.0 Å². The van der Waals surface area contributed by atoms with E-state index in [-0.39, 0.29) is 35.1 Å². The summed E-state index contributed by atoms with van der Waals surface area (Å²) < 4.78 is 5.12. The number of hydrogen-bond acceptors (Lipinski definition) is 8. The topological polar surface area (TPSA) is 146 Å². The van der Waals surface area contributed by atoms with Crippen molar-refractivity contribution in [1.29, 1.82) is 0 Å². The highest BCUT2D eigenvalue weighted by Crippen LogP contribution is 2.29. The summed E-state index contributed by atoms with van der Waals surface area (Å²) in [6, 6.07) is 3.28. The molecule has 0 atom stereocenters. The van der Waals surface area contributed by atoms with Crippen LogP contribution >= 0.6 is 11.6 Å². The number of ether oxygens (including phenoxy) is 1. The molecule has 1 saturated heterocycles. The lowest BCUT2D eigenvalue weighted by Gasteiger charge is -2.30. The molecule has 32 heavy (non-hydrogen) atoms. The van der Waals surface area contributed by atoms with Crippen molar-refractivity contribution in [3.63, 3.8) is 0 Å². The van der Waals surface area contributed by atoms with Crippen LogP contribution in [0.1, 0.15) is 23.3 Å². The summed E-state index contributed by atoms with van der Waals surface area (Å²) in [5.41, 5.74) is 1.43. The molecule has 4 heterocycles. The molecule has 3 N–H and O–H groups in total. The van der Waals surface area contributed by atoms with Crippen LogP contribution in [0.25, 0.3) is 11.3 Å². The second kappa shape index (κ2) is 9.18. The number of H-pyrrole nitrogens is 1. The number of carbonyl (C=O) groups is 2. The van der Waals surface area contributed by atoms with Crippen LogP contribution < -0.4 is 10.1 Å². The van der Waals surface area contributed by atoms with E-state index in [1.54, 1.807) is 17.0 Å². The molecule has 0 radical (unpaired) electrons. The number of likely N-dealkylation sites (tertiary alicyclic amines) is 1. The quantitative estimate of drug-likeness (QED) is 0.528. The van der Waals surface area contributed by atoms with Gasteiger partial charge in [0.2, 0.25) is 11.8 Å². The van der Waals surface area contributed by atoms with Gasteiger partial charge >= 0.3 is 0 Å². The molecule has 0 saturated carbocycles. The lowest BCUT2D eigenvalue weighted by molar-refractivity contribution is -0.121. The fraction of sp³-hybridized carbons (Fsp3) is 0.300. The van der Waals surface area contributed by atoms with Gasteiger partial charge in [0.1, 0.15) is 0 Å². The standard InChI is InChI=1S/C20H20ClN7O4/c1-32-16-8-12(13(21)10-24-16)14-9-15(27-26-14)20(31)28-6-2-11(3-7-28)18(29)25-17-19(30)23-5-4-22-17/h4-5,8-11H,2-3,6-7H2,1H3,(H,23,30)(H,26,27)(H,22,25,29). The molecule has 0 spiro atoms. The molecular formula is C20H20ClN7O4. The first kappa shape index (κ1) is 21.5. The number of methoxy groups -OCH3 is 1. The Balaban J connectivity index is 1.38. The van der Waals surface area contributed by atoms with Gasteiger partial charge in [-0.05, 0) is 18.9 Å². The highest BCUT2D eigenvalue weighted by molar-refractivity contribution is 6.33. The Morgan fingerprint density at radius 1 is 1.22 bits per heavy atom. The van der Waals surface area contributed by atoms with Crippen LogP contribution in [-0.2, 0) is 4.79 Å². The number of halogens is 1. The minimum Gasteiger partial charge on any atom is -0.491 e. The summed E-state index contributed by atoms with van der Waals surface area (Å²) in [7, 11) is 1.50. The number of anilines is 1. The van der Waals surface area contributed by atoms with E-state index in [0.717, 1.165) is 0 Å². The van der Waals surface area contributed by atoms with Crippen LogP contribution in [0.5, 0.6) is 11.8 Å². The molecule has 0 unspecified atom stereocenters. The smallest absolute Gasteiger partial charge is 0.274 e. The number of nitrogens with one attached hydrogen (secondary N) is 2. The van der Waals surface area contributed by atoms with E-state index in [0.29, 0.717) is 48.1 Å². The summed E-state index contributed by atoms with van der Waals surface area (Å²) in [5.74, 6) is -0.743. The lowest BCUT2D eigenvalue weighted by Crippen LogP contribution is -2.41. The second-order valence-electron chi connectivity index (χ2n) is 7.16. The average molecular weight is 458 g/mol. The van der Waals surface area contributed by atoms with Gasteiger partial charge in [-0.1, -0.05) is 11.6 Å². The van der Waals surface area contributed by atoms with Gasteiger partial charge in [0.05, 0.1) is 24.0 Å². The second-order valence-corrected chi connectivity index (χ2v) is 7.56. The zero-order valence-electron chi connectivity index (χ0n) is 17.1. The third-order valence-corrected chi connectivity index (χ3v) is 5.50. The summed E-state index contributed by atoms with van der Waals surface area (Å²) in [6.45, 7) is 0.796. The van der Waals surface area contributed by atoms with Crippen molar-refractivity contribution in [2.24, 2.45) is 5.92 Å². The number of nitrogens with zero attached hydrogens (tertiary/aromatic N) is 5. The number of amides is 2. The first-order chi connectivity index (χ1) is 15.5. The zero-order chi connectivity index (χ0) is 22.7. The zero-order valence-corrected chi connectivity index (χ0v) is 17.8. The van der Waals surface area contributed by atoms with E-state index < -0.39 is 0 Å². The Labute approximate surface area is 187 Å². The normalized spacial score (nSPS) is 14.2. The number of aromatic amines is 1. The molecule has 0 bridgehead atoms. The van der Waals surface area contributed by atoms with Crippen LogP contribution in [0.4, 0.5) is 5.82 Å². The Bertz CT molecular complexity index is 1140. The summed E-state index contributed by atoms with van der Waals surface area (Å²) in [4.78, 5) is 38.6. The first-order valence-electron chi connectivity index (χ1n) is 9.81. The van der Waals surface area contributed by atoms with E-state index in [1.807, 2.05) is 0 Å². The Kier molecular flexibility index (Phi) is 6.17. The van der Waals surface area contributed by atoms with E-state index in [2.05, 4.69) is 30.5 Å². The van der Waals surface area contributed by atoms with Crippen molar-refractivity contribution in [3.05, 3.63) is 41.4 Å². The van der Waals surface area contributed by atoms with Crippen molar-refractivity contribution >= 4 is 29.2 Å². The van der Waals surface area contributed by atoms with Gasteiger partial charge in [-0.3, -0.25) is 14.7 Å². The molecule has 1 aliphatic heterocycles. The molecule has 3 aromatic rings. The van der Waals surface area contributed by atoms with Crippen molar-refractivity contribution in [3.8, 4) is 23.0 Å². The summed E-state index contributed by atoms with van der Waals surface area (Å²) in [5, 5.41) is 19.6. The average Bonchev–Trinajstić information content (AvgIpc) is 3.30. The first-order valence-corrected chi connectivity index (χ1v) is 10.2. The minimum absolute atomic E-state index is 0.0199. The largest absolute Gasteiger partial charge is 0.491 e. The molecule has 0 aromatic carbocycles. The van der Waals surface area contributed by atoms with Crippen molar-refractivity contribution < 1.29 is 19.4 Å². The fourth-order valence-corrected chi connectivity index (χ4v) is 3.66. The number of piperidine rings is 1. The van der Waals surface area contributed by atoms with Crippen LogP contribution in [0.2, 0.25) is 5.02 Å². The number of carbonyl (C=O) groups excluding carboxylic acids is 2. The maximum Gasteiger partial charge on any atom is 0.274 e. The Morgan fingerprint density at radius 3 is 2.69 bits per heavy atom. The Morgan fingerprint density at radius 2 is 1.97 bits per heavy atom. The molecule has 4 rings (SSSR count). The fourth-order valence-electron chi connectivity index (χ4n) is 3.45. The molecule has 11 nitrogen and oxygen atoms in total. The van der Waals surface area contributed by atoms with Crippen LogP contribution in [0.15, 0.2) is 30.7 Å². The van der Waals surface area contributed by atoms with Gasteiger partial charge in [-0.25, -0.2) is 15.0 Å². The van der Waals surface area contributed by atoms with E-state index in [9.17, 15) is 14.7 Å². The lowest BCUT2D eigenvalue weighted by atomic mass is 9.95. The van der Waals surface area contributed by atoms with Gasteiger partial charge < -0.3 is 20.1 Å². The predicted molar refractivity (Wildman–Crippen MR) is 114 cm³/mol. The molecule has 0 aliphatic carbocycles. The number of pyridine rings is 1. The maximum atomic E-state index is 12.9. The molecule has 1 aliphatic rings. The number of hydrogen-bond donors (Lipinski definition) is 3. The van der Waals surface area contributed by atoms with Gasteiger partial charge in [-0.2, -0.15) is 5.10 Å². The molecule has 2 amide bonds. The van der Waals surface area contributed by atoms with Gasteiger partial charge in [-0.15, -0.1) is 0 Å². The maximum absolute atomic E-state index is 12.9. The van der Waals surface area contributed by atoms with E-state index in [4.69, 9.17) is 16.3 Å². The molecular weight excluding hydrogens is 438 g/mol. The molecule has 1 fully saturated rings. The third-order valence-electron chi connectivity index (χ3n) is 5.20. The van der Waals surface area contributed by atoms with Gasteiger partial charge in [0.25, 0.3) is 11.8 Å². The van der Waals surface area contributed by atoms with Crippen LogP contribution in [0, 0.1) is 5.92 Å². The van der Waals surface area contributed by atoms with E-state index in [1.165, 1.54) is 25.7 Å². The van der Waals surface area contributed by atoms with Gasteiger partial charge in [0.15, 0.2) is 11.5 Å². The molecule has 3 aromatic heterocycles. The molecule has 12 heteroatoms. The minimum atomic E-state index is -0.338. The van der Waals surface area contributed by atoms with Crippen LogP contribution in [0.3, 0.4) is 0 Å². The molecule has 166 valence electrons. The van der Waals surface area contributed by atoms with Crippen LogP contribution in [-0.4, -0.2) is 67.2 Å². The third kappa shape index (κ3) is 4.47. The highest BCUT2D eigenvalue weighted by Gasteiger charge is 2.29. The van der Waals surface area contributed by atoms with Crippen molar-refractivity contribution in [2.45, 2.75) is 12.8 Å². The number of aromatic hydroxyl groups is 1. The highest BCUT2D eigenvalue weighted by atomic mass is 35.5. The Hall–Kier alpha value is -3.73. The summed E-state index contributed by atoms with van der Waals surface area (Å²) >= 11 is 6.22. The SMILES string of the molecule is COc1cc(-c2cc(C(=O)N3CCC(C(=O)Nc4nccnc4O)CC3)n[nH]2)c(Cl)cn1.